The fourth-order valence-electron chi connectivity index (χ4n) is 1.76. The van der Waals surface area contributed by atoms with E-state index < -0.39 is 5.97 Å². The SMILES string of the molecule is O=C(O)COCCNC(=O)NCCC1=CCCC1. The largest absolute Gasteiger partial charge is 0.480 e. The molecule has 0 atom stereocenters. The molecule has 6 nitrogen and oxygen atoms in total. The van der Waals surface area contributed by atoms with Gasteiger partial charge in [-0.25, -0.2) is 9.59 Å². The lowest BCUT2D eigenvalue weighted by atomic mass is 10.2. The van der Waals surface area contributed by atoms with Crippen LogP contribution in [0.2, 0.25) is 0 Å². The van der Waals surface area contributed by atoms with Crippen LogP contribution in [0.4, 0.5) is 4.79 Å². The summed E-state index contributed by atoms with van der Waals surface area (Å²) in [6.45, 7) is 0.803. The number of amides is 2. The monoisotopic (exact) mass is 256 g/mol. The number of ether oxygens (including phenoxy) is 1. The van der Waals surface area contributed by atoms with E-state index in [1.165, 1.54) is 12.0 Å². The number of hydrogen-bond acceptors (Lipinski definition) is 3. The van der Waals surface area contributed by atoms with Gasteiger partial charge in [0.1, 0.15) is 6.61 Å². The minimum atomic E-state index is -1.01. The van der Waals surface area contributed by atoms with Gasteiger partial charge in [0.15, 0.2) is 0 Å². The molecule has 0 aromatic heterocycles. The summed E-state index contributed by atoms with van der Waals surface area (Å²) in [5.74, 6) is -1.01. The van der Waals surface area contributed by atoms with Gasteiger partial charge in [-0.15, -0.1) is 0 Å². The maximum atomic E-state index is 11.3. The molecule has 0 saturated carbocycles. The second-order valence-corrected chi connectivity index (χ2v) is 4.13. The third-order valence-electron chi connectivity index (χ3n) is 2.62. The standard InChI is InChI=1S/C12H20N2O4/c15-11(16)9-18-8-7-14-12(17)13-6-5-10-3-1-2-4-10/h3H,1-2,4-9H2,(H,15,16)(H2,13,14,17). The Kier molecular flexibility index (Phi) is 6.86. The lowest BCUT2D eigenvalue weighted by Gasteiger charge is -2.07. The summed E-state index contributed by atoms with van der Waals surface area (Å²) in [7, 11) is 0. The molecule has 6 heteroatoms. The average molecular weight is 256 g/mol. The third kappa shape index (κ3) is 6.90. The Morgan fingerprint density at radius 2 is 2.11 bits per heavy atom. The third-order valence-corrected chi connectivity index (χ3v) is 2.62. The van der Waals surface area contributed by atoms with Gasteiger partial charge < -0.3 is 20.5 Å². The Morgan fingerprint density at radius 1 is 1.33 bits per heavy atom. The van der Waals surface area contributed by atoms with Crippen LogP contribution in [-0.2, 0) is 9.53 Å². The van der Waals surface area contributed by atoms with Gasteiger partial charge in [0, 0.05) is 13.1 Å². The smallest absolute Gasteiger partial charge is 0.329 e. The second-order valence-electron chi connectivity index (χ2n) is 4.13. The first-order chi connectivity index (χ1) is 8.68. The van der Waals surface area contributed by atoms with Crippen molar-refractivity contribution in [2.45, 2.75) is 25.7 Å². The second kappa shape index (κ2) is 8.52. The van der Waals surface area contributed by atoms with E-state index in [0.29, 0.717) is 13.1 Å². The van der Waals surface area contributed by atoms with Crippen LogP contribution in [0.3, 0.4) is 0 Å². The maximum absolute atomic E-state index is 11.3. The number of nitrogens with one attached hydrogen (secondary N) is 2. The molecule has 3 N–H and O–H groups in total. The molecule has 0 bridgehead atoms. The molecule has 18 heavy (non-hydrogen) atoms. The first-order valence-electron chi connectivity index (χ1n) is 6.17. The highest BCUT2D eigenvalue weighted by Gasteiger charge is 2.05. The van der Waals surface area contributed by atoms with Gasteiger partial charge in [-0.2, -0.15) is 0 Å². The molecule has 0 aromatic carbocycles. The van der Waals surface area contributed by atoms with Crippen molar-refractivity contribution < 1.29 is 19.4 Å². The zero-order chi connectivity index (χ0) is 13.2. The van der Waals surface area contributed by atoms with Crippen LogP contribution >= 0.6 is 0 Å². The van der Waals surface area contributed by atoms with Crippen LogP contribution in [0, 0.1) is 0 Å². The lowest BCUT2D eigenvalue weighted by molar-refractivity contribution is -0.142. The number of carbonyl (C=O) groups is 2. The number of carboxylic acid groups (broad SMARTS) is 1. The van der Waals surface area contributed by atoms with Crippen molar-refractivity contribution in [2.75, 3.05) is 26.3 Å². The first kappa shape index (κ1) is 14.5. The van der Waals surface area contributed by atoms with Crippen LogP contribution < -0.4 is 10.6 Å². The van der Waals surface area contributed by atoms with E-state index in [1.807, 2.05) is 0 Å². The number of hydrogen-bond donors (Lipinski definition) is 3. The van der Waals surface area contributed by atoms with E-state index in [-0.39, 0.29) is 19.2 Å². The van der Waals surface area contributed by atoms with Gasteiger partial charge in [-0.05, 0) is 25.7 Å². The van der Waals surface area contributed by atoms with Gasteiger partial charge >= 0.3 is 12.0 Å². The quantitative estimate of drug-likeness (QED) is 0.444. The summed E-state index contributed by atoms with van der Waals surface area (Å²) < 4.78 is 4.78. The van der Waals surface area contributed by atoms with Gasteiger partial charge in [-0.1, -0.05) is 11.6 Å². The number of allylic oxidation sites excluding steroid dienone is 1. The Labute approximate surface area is 106 Å². The number of urea groups is 1. The molecule has 0 radical (unpaired) electrons. The van der Waals surface area contributed by atoms with E-state index in [9.17, 15) is 9.59 Å². The van der Waals surface area contributed by atoms with Gasteiger partial charge in [-0.3, -0.25) is 0 Å². The number of carboxylic acids is 1. The summed E-state index contributed by atoms with van der Waals surface area (Å²) in [6, 6.07) is -0.243. The minimum absolute atomic E-state index is 0.199. The molecule has 0 heterocycles. The lowest BCUT2D eigenvalue weighted by Crippen LogP contribution is -2.38. The molecular weight excluding hydrogens is 236 g/mol. The van der Waals surface area contributed by atoms with Crippen LogP contribution in [0.25, 0.3) is 0 Å². The summed E-state index contributed by atoms with van der Waals surface area (Å²) in [6.07, 6.45) is 6.67. The van der Waals surface area contributed by atoms with Crippen molar-refractivity contribution in [1.29, 1.82) is 0 Å². The highest BCUT2D eigenvalue weighted by Crippen LogP contribution is 2.19. The van der Waals surface area contributed by atoms with Crippen molar-refractivity contribution in [1.82, 2.24) is 10.6 Å². The molecule has 1 aliphatic carbocycles. The van der Waals surface area contributed by atoms with Gasteiger partial charge in [0.25, 0.3) is 0 Å². The van der Waals surface area contributed by atoms with Gasteiger partial charge in [0.2, 0.25) is 0 Å². The van der Waals surface area contributed by atoms with Gasteiger partial charge in [0.05, 0.1) is 6.61 Å². The highest BCUT2D eigenvalue weighted by molar-refractivity contribution is 5.73. The predicted molar refractivity (Wildman–Crippen MR) is 66.4 cm³/mol. The van der Waals surface area contributed by atoms with Crippen LogP contribution in [0.1, 0.15) is 25.7 Å². The molecule has 0 fully saturated rings. The number of aliphatic carboxylic acids is 1. The molecule has 0 saturated heterocycles. The summed E-state index contributed by atoms with van der Waals surface area (Å²) in [5, 5.41) is 13.7. The van der Waals surface area contributed by atoms with E-state index >= 15 is 0 Å². The maximum Gasteiger partial charge on any atom is 0.329 e. The normalized spacial score (nSPS) is 14.1. The molecule has 0 aromatic rings. The Hall–Kier alpha value is -1.56. The van der Waals surface area contributed by atoms with Crippen molar-refractivity contribution in [3.63, 3.8) is 0 Å². The Bertz CT molecular complexity index is 315. The predicted octanol–water partition coefficient (Wildman–Crippen LogP) is 0.887. The minimum Gasteiger partial charge on any atom is -0.480 e. The van der Waals surface area contributed by atoms with Crippen molar-refractivity contribution in [3.8, 4) is 0 Å². The molecule has 102 valence electrons. The van der Waals surface area contributed by atoms with Crippen LogP contribution in [0.5, 0.6) is 0 Å². The topological polar surface area (TPSA) is 87.7 Å². The number of rotatable bonds is 8. The highest BCUT2D eigenvalue weighted by atomic mass is 16.5. The zero-order valence-electron chi connectivity index (χ0n) is 10.4. The van der Waals surface area contributed by atoms with E-state index in [0.717, 1.165) is 19.3 Å². The Balaban J connectivity index is 1.92. The van der Waals surface area contributed by atoms with Crippen LogP contribution in [-0.4, -0.2) is 43.4 Å². The molecule has 1 aliphatic rings. The summed E-state index contributed by atoms with van der Waals surface area (Å²) in [4.78, 5) is 21.4. The van der Waals surface area contributed by atoms with Crippen molar-refractivity contribution in [3.05, 3.63) is 11.6 Å². The summed E-state index contributed by atoms with van der Waals surface area (Å²) >= 11 is 0. The van der Waals surface area contributed by atoms with Crippen molar-refractivity contribution >= 4 is 12.0 Å². The van der Waals surface area contributed by atoms with E-state index in [1.54, 1.807) is 0 Å². The average Bonchev–Trinajstić information content (AvgIpc) is 2.81. The molecule has 0 aliphatic heterocycles. The first-order valence-corrected chi connectivity index (χ1v) is 6.17. The Morgan fingerprint density at radius 3 is 2.78 bits per heavy atom. The number of carbonyl (C=O) groups excluding carboxylic acids is 1. The molecule has 2 amide bonds. The molecular formula is C12H20N2O4. The van der Waals surface area contributed by atoms with Crippen molar-refractivity contribution in [2.24, 2.45) is 0 Å². The van der Waals surface area contributed by atoms with Crippen LogP contribution in [0.15, 0.2) is 11.6 Å². The zero-order valence-corrected chi connectivity index (χ0v) is 10.4. The van der Waals surface area contributed by atoms with E-state index in [4.69, 9.17) is 9.84 Å². The molecule has 1 rings (SSSR count). The van der Waals surface area contributed by atoms with E-state index in [2.05, 4.69) is 16.7 Å². The molecule has 0 unspecified atom stereocenters. The summed E-state index contributed by atoms with van der Waals surface area (Å²) in [5.41, 5.74) is 1.42. The fraction of sp³-hybridized carbons (Fsp3) is 0.667. The fourth-order valence-corrected chi connectivity index (χ4v) is 1.76. The molecule has 0 spiro atoms.